The van der Waals surface area contributed by atoms with E-state index in [1.165, 1.54) is 23.5 Å². The Hall–Kier alpha value is -3.31. The summed E-state index contributed by atoms with van der Waals surface area (Å²) in [6.07, 6.45) is 4.32. The summed E-state index contributed by atoms with van der Waals surface area (Å²) < 4.78 is 14.0. The maximum absolute atomic E-state index is 14.0. The van der Waals surface area contributed by atoms with Crippen molar-refractivity contribution in [2.75, 3.05) is 30.4 Å². The summed E-state index contributed by atoms with van der Waals surface area (Å²) in [6.45, 7) is 1.05. The molecule has 2 amide bonds. The van der Waals surface area contributed by atoms with E-state index in [9.17, 15) is 14.0 Å². The largest absolute Gasteiger partial charge is 0.370 e. The average Bonchev–Trinajstić information content (AvgIpc) is 3.46. The maximum atomic E-state index is 14.0. The number of H-pyrrole nitrogens is 1. The Morgan fingerprint density at radius 2 is 2.10 bits per heavy atom. The quantitative estimate of drug-likeness (QED) is 0.461. The van der Waals surface area contributed by atoms with Crippen molar-refractivity contribution in [3.63, 3.8) is 0 Å². The Morgan fingerprint density at radius 3 is 2.74 bits per heavy atom. The molecule has 0 atom stereocenters. The first-order valence-corrected chi connectivity index (χ1v) is 10.6. The van der Waals surface area contributed by atoms with Crippen LogP contribution in [0.4, 0.5) is 15.8 Å². The molecule has 3 heterocycles. The van der Waals surface area contributed by atoms with Crippen LogP contribution in [0.3, 0.4) is 0 Å². The van der Waals surface area contributed by atoms with Gasteiger partial charge in [-0.1, -0.05) is 0 Å². The van der Waals surface area contributed by atoms with Gasteiger partial charge >= 0.3 is 0 Å². The molecule has 5 N–H and O–H groups in total. The standard InChI is InChI=1S/C20H22FN7O2S/c1-23-20(19(22)30)4-6-28(7-5-20)16-3-2-13(21)8-14(16)26-17(29)15-11-31-18(27-15)12-9-24-25-10-12/h2-3,8-11,23H,4-7H2,1H3,(H2,22,30)(H,24,25)(H,26,29). The number of carbonyl (C=O) groups excluding carboxylic acids is 2. The highest BCUT2D eigenvalue weighted by Crippen LogP contribution is 2.32. The van der Waals surface area contributed by atoms with E-state index in [2.05, 4.69) is 25.8 Å². The van der Waals surface area contributed by atoms with Gasteiger partial charge in [-0.2, -0.15) is 5.10 Å². The smallest absolute Gasteiger partial charge is 0.275 e. The molecule has 11 heteroatoms. The zero-order valence-electron chi connectivity index (χ0n) is 16.8. The van der Waals surface area contributed by atoms with Gasteiger partial charge in [-0.05, 0) is 38.1 Å². The molecule has 1 saturated heterocycles. The summed E-state index contributed by atoms with van der Waals surface area (Å²) >= 11 is 1.32. The van der Waals surface area contributed by atoms with Crippen LogP contribution in [0.1, 0.15) is 23.3 Å². The van der Waals surface area contributed by atoms with Gasteiger partial charge in [0, 0.05) is 30.2 Å². The van der Waals surface area contributed by atoms with Crippen molar-refractivity contribution < 1.29 is 14.0 Å². The van der Waals surface area contributed by atoms with Crippen molar-refractivity contribution in [2.45, 2.75) is 18.4 Å². The number of carbonyl (C=O) groups is 2. The number of primary amides is 1. The lowest BCUT2D eigenvalue weighted by Gasteiger charge is -2.41. The zero-order valence-corrected chi connectivity index (χ0v) is 17.6. The molecule has 3 aromatic rings. The van der Waals surface area contributed by atoms with Crippen molar-refractivity contribution in [1.29, 1.82) is 0 Å². The Kier molecular flexibility index (Phi) is 5.70. The number of thiazole rings is 1. The van der Waals surface area contributed by atoms with Crippen LogP contribution < -0.4 is 21.3 Å². The number of aromatic nitrogens is 3. The number of hydrogen-bond acceptors (Lipinski definition) is 7. The van der Waals surface area contributed by atoms with Crippen LogP contribution in [0.5, 0.6) is 0 Å². The van der Waals surface area contributed by atoms with E-state index in [0.717, 1.165) is 5.56 Å². The van der Waals surface area contributed by atoms with E-state index < -0.39 is 17.3 Å². The van der Waals surface area contributed by atoms with Gasteiger partial charge in [0.15, 0.2) is 0 Å². The van der Waals surface area contributed by atoms with E-state index in [-0.39, 0.29) is 11.6 Å². The number of aromatic amines is 1. The van der Waals surface area contributed by atoms with Gasteiger partial charge in [-0.3, -0.25) is 14.7 Å². The summed E-state index contributed by atoms with van der Waals surface area (Å²) in [4.78, 5) is 31.0. The summed E-state index contributed by atoms with van der Waals surface area (Å²) in [6, 6.07) is 4.25. The molecule has 0 spiro atoms. The van der Waals surface area contributed by atoms with E-state index in [0.29, 0.717) is 42.3 Å². The average molecular weight is 444 g/mol. The second-order valence-electron chi connectivity index (χ2n) is 7.32. The lowest BCUT2D eigenvalue weighted by molar-refractivity contribution is -0.125. The van der Waals surface area contributed by atoms with Gasteiger partial charge in [0.2, 0.25) is 5.91 Å². The van der Waals surface area contributed by atoms with Gasteiger partial charge in [0.05, 0.1) is 17.6 Å². The first-order valence-electron chi connectivity index (χ1n) is 9.71. The first-order chi connectivity index (χ1) is 14.9. The molecule has 1 aliphatic rings. The molecular formula is C20H22FN7O2S. The van der Waals surface area contributed by atoms with Crippen LogP contribution in [0.25, 0.3) is 10.6 Å². The van der Waals surface area contributed by atoms with Crippen molar-refractivity contribution in [3.8, 4) is 10.6 Å². The molecule has 2 aromatic heterocycles. The third kappa shape index (κ3) is 4.14. The van der Waals surface area contributed by atoms with Crippen molar-refractivity contribution in [3.05, 3.63) is 47.5 Å². The number of nitrogens with two attached hydrogens (primary N) is 1. The number of piperidine rings is 1. The van der Waals surface area contributed by atoms with Crippen LogP contribution in [0.15, 0.2) is 36.0 Å². The lowest BCUT2D eigenvalue weighted by atomic mass is 9.86. The molecule has 4 rings (SSSR count). The Morgan fingerprint density at radius 1 is 1.32 bits per heavy atom. The second-order valence-corrected chi connectivity index (χ2v) is 8.18. The van der Waals surface area contributed by atoms with E-state index >= 15 is 0 Å². The van der Waals surface area contributed by atoms with Crippen LogP contribution in [-0.4, -0.2) is 52.7 Å². The molecule has 0 aliphatic carbocycles. The fraction of sp³-hybridized carbons (Fsp3) is 0.300. The van der Waals surface area contributed by atoms with Gasteiger partial charge in [-0.25, -0.2) is 9.37 Å². The van der Waals surface area contributed by atoms with Crippen molar-refractivity contribution in [2.24, 2.45) is 5.73 Å². The van der Waals surface area contributed by atoms with Crippen LogP contribution in [-0.2, 0) is 4.79 Å². The molecule has 0 radical (unpaired) electrons. The number of hydrogen-bond donors (Lipinski definition) is 4. The minimum absolute atomic E-state index is 0.234. The third-order valence-corrected chi connectivity index (χ3v) is 6.49. The molecule has 1 fully saturated rings. The normalized spacial score (nSPS) is 15.6. The van der Waals surface area contributed by atoms with Crippen molar-refractivity contribution >= 4 is 34.5 Å². The molecule has 31 heavy (non-hydrogen) atoms. The monoisotopic (exact) mass is 443 g/mol. The van der Waals surface area contributed by atoms with E-state index in [1.54, 1.807) is 30.9 Å². The molecule has 1 aromatic carbocycles. The number of benzene rings is 1. The maximum Gasteiger partial charge on any atom is 0.275 e. The SMILES string of the molecule is CNC1(C(N)=O)CCN(c2ccc(F)cc2NC(=O)c2csc(-c3cn[nH]c3)n2)CC1. The van der Waals surface area contributed by atoms with Crippen LogP contribution >= 0.6 is 11.3 Å². The number of anilines is 2. The summed E-state index contributed by atoms with van der Waals surface area (Å²) in [5.74, 6) is -1.29. The summed E-state index contributed by atoms with van der Waals surface area (Å²) in [5.41, 5.74) is 6.85. The number of amides is 2. The molecule has 0 unspecified atom stereocenters. The highest BCUT2D eigenvalue weighted by atomic mass is 32.1. The Bertz CT molecular complexity index is 1090. The highest BCUT2D eigenvalue weighted by molar-refractivity contribution is 7.13. The van der Waals surface area contributed by atoms with Crippen LogP contribution in [0.2, 0.25) is 0 Å². The fourth-order valence-corrected chi connectivity index (χ4v) is 4.48. The summed E-state index contributed by atoms with van der Waals surface area (Å²) in [5, 5.41) is 14.7. The minimum atomic E-state index is -0.760. The molecule has 9 nitrogen and oxygen atoms in total. The van der Waals surface area contributed by atoms with Gasteiger partial charge in [0.1, 0.15) is 22.1 Å². The Labute approximate surface area is 181 Å². The molecule has 1 aliphatic heterocycles. The Balaban J connectivity index is 1.53. The minimum Gasteiger partial charge on any atom is -0.370 e. The van der Waals surface area contributed by atoms with E-state index in [1.807, 2.05) is 4.90 Å². The predicted octanol–water partition coefficient (Wildman–Crippen LogP) is 1.97. The van der Waals surface area contributed by atoms with Gasteiger partial charge < -0.3 is 21.3 Å². The topological polar surface area (TPSA) is 129 Å². The highest BCUT2D eigenvalue weighted by Gasteiger charge is 2.38. The third-order valence-electron chi connectivity index (χ3n) is 5.60. The van der Waals surface area contributed by atoms with Gasteiger partial charge in [0.25, 0.3) is 5.91 Å². The molecular weight excluding hydrogens is 421 g/mol. The molecule has 0 bridgehead atoms. The van der Waals surface area contributed by atoms with E-state index in [4.69, 9.17) is 5.73 Å². The first kappa shape index (κ1) is 20.9. The summed E-state index contributed by atoms with van der Waals surface area (Å²) in [7, 11) is 1.72. The number of rotatable bonds is 6. The zero-order chi connectivity index (χ0) is 22.0. The molecule has 162 valence electrons. The number of nitrogens with one attached hydrogen (secondary N) is 3. The number of halogens is 1. The number of nitrogens with zero attached hydrogens (tertiary/aromatic N) is 3. The second kappa shape index (κ2) is 8.44. The van der Waals surface area contributed by atoms with Crippen molar-refractivity contribution in [1.82, 2.24) is 20.5 Å². The van der Waals surface area contributed by atoms with Gasteiger partial charge in [-0.15, -0.1) is 11.3 Å². The molecule has 0 saturated carbocycles. The predicted molar refractivity (Wildman–Crippen MR) is 116 cm³/mol. The number of likely N-dealkylation sites (N-methyl/N-ethyl adjacent to an activating group) is 1. The lowest BCUT2D eigenvalue weighted by Crippen LogP contribution is -2.59. The van der Waals surface area contributed by atoms with Crippen LogP contribution in [0, 0.1) is 5.82 Å². The fourth-order valence-electron chi connectivity index (χ4n) is 3.70.